The summed E-state index contributed by atoms with van der Waals surface area (Å²) >= 11 is 0. The zero-order valence-corrected chi connectivity index (χ0v) is 10.8. The van der Waals surface area contributed by atoms with Gasteiger partial charge in [-0.3, -0.25) is 0 Å². The van der Waals surface area contributed by atoms with Gasteiger partial charge in [0.15, 0.2) is 0 Å². The van der Waals surface area contributed by atoms with Crippen LogP contribution in [0, 0.1) is 5.92 Å². The number of allylic oxidation sites excluding steroid dienone is 2. The molecule has 2 atom stereocenters. The highest BCUT2D eigenvalue weighted by atomic mass is 16.5. The van der Waals surface area contributed by atoms with Gasteiger partial charge in [-0.1, -0.05) is 18.2 Å². The Labute approximate surface area is 108 Å². The van der Waals surface area contributed by atoms with E-state index in [9.17, 15) is 9.90 Å². The van der Waals surface area contributed by atoms with Gasteiger partial charge in [-0.25, -0.2) is 4.79 Å². The SMILES string of the molecule is C=C1C(=O)O[C@@H]2/C=C(\C)CC/C=C(/CO)CC[C@@H]12. The lowest BCUT2D eigenvalue weighted by atomic mass is 9.88. The second-order valence-corrected chi connectivity index (χ2v) is 5.11. The topological polar surface area (TPSA) is 46.5 Å². The first-order valence-electron chi connectivity index (χ1n) is 6.47. The summed E-state index contributed by atoms with van der Waals surface area (Å²) in [7, 11) is 0. The van der Waals surface area contributed by atoms with Gasteiger partial charge in [0.05, 0.1) is 6.61 Å². The van der Waals surface area contributed by atoms with E-state index in [1.165, 1.54) is 5.57 Å². The predicted molar refractivity (Wildman–Crippen MR) is 69.9 cm³/mol. The summed E-state index contributed by atoms with van der Waals surface area (Å²) < 4.78 is 5.35. The molecule has 0 radical (unpaired) electrons. The van der Waals surface area contributed by atoms with E-state index in [2.05, 4.69) is 25.7 Å². The number of hydrogen-bond acceptors (Lipinski definition) is 3. The van der Waals surface area contributed by atoms with E-state index in [4.69, 9.17) is 4.74 Å². The number of aliphatic hydroxyl groups excluding tert-OH is 1. The number of fused-ring (bicyclic) bond motifs is 1. The van der Waals surface area contributed by atoms with Crippen LogP contribution < -0.4 is 0 Å². The molecule has 1 aliphatic heterocycles. The Morgan fingerprint density at radius 2 is 2.28 bits per heavy atom. The Kier molecular flexibility index (Phi) is 4.02. The first-order valence-corrected chi connectivity index (χ1v) is 6.47. The molecule has 2 aliphatic rings. The molecule has 1 heterocycles. The van der Waals surface area contributed by atoms with Crippen molar-refractivity contribution in [2.45, 2.75) is 38.7 Å². The highest BCUT2D eigenvalue weighted by molar-refractivity contribution is 5.91. The summed E-state index contributed by atoms with van der Waals surface area (Å²) in [5.74, 6) is -0.219. The van der Waals surface area contributed by atoms with Crippen LogP contribution in [-0.2, 0) is 9.53 Å². The molecule has 0 unspecified atom stereocenters. The minimum absolute atomic E-state index is 0.0560. The van der Waals surface area contributed by atoms with Crippen molar-refractivity contribution < 1.29 is 14.6 Å². The Hall–Kier alpha value is -1.35. The van der Waals surface area contributed by atoms with Crippen molar-refractivity contribution in [2.24, 2.45) is 5.92 Å². The van der Waals surface area contributed by atoms with Gasteiger partial charge in [-0.2, -0.15) is 0 Å². The Bertz CT molecular complexity index is 417. The Morgan fingerprint density at radius 3 is 3.00 bits per heavy atom. The molecule has 0 spiro atoms. The third-order valence-electron chi connectivity index (χ3n) is 3.75. The van der Waals surface area contributed by atoms with Gasteiger partial charge in [-0.05, 0) is 44.3 Å². The fraction of sp³-hybridized carbons (Fsp3) is 0.533. The summed E-state index contributed by atoms with van der Waals surface area (Å²) in [4.78, 5) is 11.6. The standard InChI is InChI=1S/C15H20O3/c1-10-4-3-5-12(9-16)6-7-13-11(2)15(17)18-14(13)8-10/h5,8,13-14,16H,2-4,6-7,9H2,1H3/b10-8+,12-5+/t13-,14+/m0/s1. The third kappa shape index (κ3) is 2.72. The number of rotatable bonds is 1. The van der Waals surface area contributed by atoms with Gasteiger partial charge in [0, 0.05) is 11.5 Å². The molecule has 0 aromatic heterocycles. The summed E-state index contributed by atoms with van der Waals surface area (Å²) in [6.45, 7) is 5.99. The quantitative estimate of drug-likeness (QED) is 0.440. The highest BCUT2D eigenvalue weighted by Gasteiger charge is 2.37. The summed E-state index contributed by atoms with van der Waals surface area (Å²) in [6.07, 6.45) is 7.49. The van der Waals surface area contributed by atoms with Gasteiger partial charge < -0.3 is 9.84 Å². The van der Waals surface area contributed by atoms with Gasteiger partial charge >= 0.3 is 5.97 Å². The first-order chi connectivity index (χ1) is 8.61. The van der Waals surface area contributed by atoms with Crippen LogP contribution in [-0.4, -0.2) is 23.8 Å². The van der Waals surface area contributed by atoms with Crippen LogP contribution in [0.2, 0.25) is 0 Å². The molecule has 0 saturated carbocycles. The fourth-order valence-corrected chi connectivity index (χ4v) is 2.57. The van der Waals surface area contributed by atoms with Crippen molar-refractivity contribution in [1.29, 1.82) is 0 Å². The van der Waals surface area contributed by atoms with Crippen molar-refractivity contribution >= 4 is 5.97 Å². The maximum Gasteiger partial charge on any atom is 0.334 e. The molecule has 0 aromatic rings. The van der Waals surface area contributed by atoms with E-state index < -0.39 is 0 Å². The van der Waals surface area contributed by atoms with Crippen LogP contribution in [0.5, 0.6) is 0 Å². The van der Waals surface area contributed by atoms with Crippen LogP contribution in [0.1, 0.15) is 32.6 Å². The lowest BCUT2D eigenvalue weighted by Crippen LogP contribution is -2.15. The minimum atomic E-state index is -0.275. The van der Waals surface area contributed by atoms with Crippen molar-refractivity contribution in [3.63, 3.8) is 0 Å². The molecule has 1 saturated heterocycles. The van der Waals surface area contributed by atoms with E-state index in [0.29, 0.717) is 5.57 Å². The molecule has 3 nitrogen and oxygen atoms in total. The van der Waals surface area contributed by atoms with Gasteiger partial charge in [0.2, 0.25) is 0 Å². The molecular formula is C15H20O3. The van der Waals surface area contributed by atoms with Crippen molar-refractivity contribution in [2.75, 3.05) is 6.61 Å². The van der Waals surface area contributed by atoms with E-state index >= 15 is 0 Å². The second kappa shape index (κ2) is 5.53. The second-order valence-electron chi connectivity index (χ2n) is 5.11. The van der Waals surface area contributed by atoms with E-state index in [1.54, 1.807) is 0 Å². The van der Waals surface area contributed by atoms with Crippen LogP contribution in [0.15, 0.2) is 35.5 Å². The molecule has 0 aromatic carbocycles. The van der Waals surface area contributed by atoms with Crippen LogP contribution in [0.25, 0.3) is 0 Å². The van der Waals surface area contributed by atoms with Gasteiger partial charge in [0.1, 0.15) is 6.10 Å². The largest absolute Gasteiger partial charge is 0.454 e. The molecule has 1 N–H and O–H groups in total. The number of esters is 1. The van der Waals surface area contributed by atoms with E-state index in [-0.39, 0.29) is 24.6 Å². The predicted octanol–water partition coefficient (Wildman–Crippen LogP) is 2.52. The Balaban J connectivity index is 2.22. The molecule has 98 valence electrons. The zero-order valence-electron chi connectivity index (χ0n) is 10.8. The molecule has 3 heteroatoms. The molecule has 18 heavy (non-hydrogen) atoms. The lowest BCUT2D eigenvalue weighted by Gasteiger charge is -2.17. The summed E-state index contributed by atoms with van der Waals surface area (Å²) in [6, 6.07) is 0. The Morgan fingerprint density at radius 1 is 1.50 bits per heavy atom. The smallest absolute Gasteiger partial charge is 0.334 e. The number of hydrogen-bond donors (Lipinski definition) is 1. The maximum atomic E-state index is 11.6. The lowest BCUT2D eigenvalue weighted by molar-refractivity contribution is -0.137. The van der Waals surface area contributed by atoms with Crippen LogP contribution >= 0.6 is 0 Å². The van der Waals surface area contributed by atoms with E-state index in [0.717, 1.165) is 31.3 Å². The third-order valence-corrected chi connectivity index (χ3v) is 3.75. The molecule has 0 amide bonds. The number of carbonyl (C=O) groups is 1. The fourth-order valence-electron chi connectivity index (χ4n) is 2.57. The van der Waals surface area contributed by atoms with E-state index in [1.807, 2.05) is 0 Å². The molecular weight excluding hydrogens is 228 g/mol. The maximum absolute atomic E-state index is 11.6. The summed E-state index contributed by atoms with van der Waals surface area (Å²) in [5.41, 5.74) is 2.85. The monoisotopic (exact) mass is 248 g/mol. The molecule has 2 rings (SSSR count). The highest BCUT2D eigenvalue weighted by Crippen LogP contribution is 2.34. The molecule has 1 aliphatic carbocycles. The number of aliphatic hydroxyl groups is 1. The average Bonchev–Trinajstić information content (AvgIpc) is 2.60. The van der Waals surface area contributed by atoms with Crippen LogP contribution in [0.3, 0.4) is 0 Å². The van der Waals surface area contributed by atoms with Gasteiger partial charge in [-0.15, -0.1) is 0 Å². The van der Waals surface area contributed by atoms with Crippen molar-refractivity contribution in [3.05, 3.63) is 35.5 Å². The summed E-state index contributed by atoms with van der Waals surface area (Å²) in [5, 5.41) is 9.29. The number of ether oxygens (including phenoxy) is 1. The normalized spacial score (nSPS) is 35.0. The number of carbonyl (C=O) groups excluding carboxylic acids is 1. The van der Waals surface area contributed by atoms with Crippen molar-refractivity contribution in [3.8, 4) is 0 Å². The van der Waals surface area contributed by atoms with Crippen molar-refractivity contribution in [1.82, 2.24) is 0 Å². The molecule has 0 bridgehead atoms. The minimum Gasteiger partial charge on any atom is -0.454 e. The van der Waals surface area contributed by atoms with Gasteiger partial charge in [0.25, 0.3) is 0 Å². The molecule has 1 fully saturated rings. The average molecular weight is 248 g/mol. The van der Waals surface area contributed by atoms with Crippen LogP contribution in [0.4, 0.5) is 0 Å². The zero-order chi connectivity index (χ0) is 13.1. The first kappa shape index (κ1) is 13.1.